The van der Waals surface area contributed by atoms with Crippen molar-refractivity contribution < 1.29 is 9.90 Å². The van der Waals surface area contributed by atoms with E-state index in [4.69, 9.17) is 0 Å². The van der Waals surface area contributed by atoms with Crippen LogP contribution in [-0.4, -0.2) is 33.7 Å². The van der Waals surface area contributed by atoms with E-state index in [0.29, 0.717) is 13.0 Å². The molecule has 1 saturated carbocycles. The molecule has 0 aromatic rings. The molecule has 19 heavy (non-hydrogen) atoms. The molecular weight excluding hydrogens is 258 g/mol. The predicted octanol–water partition coefficient (Wildman–Crippen LogP) is 3.11. The van der Waals surface area contributed by atoms with Crippen LogP contribution in [0.4, 0.5) is 0 Å². The van der Waals surface area contributed by atoms with Crippen molar-refractivity contribution in [1.82, 2.24) is 5.32 Å². The summed E-state index contributed by atoms with van der Waals surface area (Å²) in [5.74, 6) is 1.09. The quantitative estimate of drug-likeness (QED) is 0.738. The van der Waals surface area contributed by atoms with Gasteiger partial charge in [-0.25, -0.2) is 0 Å². The third-order valence-corrected chi connectivity index (χ3v) is 4.84. The molecule has 1 fully saturated rings. The maximum atomic E-state index is 11.7. The van der Waals surface area contributed by atoms with Gasteiger partial charge in [-0.3, -0.25) is 4.79 Å². The van der Waals surface area contributed by atoms with Gasteiger partial charge in [0.2, 0.25) is 5.91 Å². The lowest BCUT2D eigenvalue weighted by Gasteiger charge is -2.32. The normalized spacial score (nSPS) is 19.2. The molecule has 0 spiro atoms. The smallest absolute Gasteiger partial charge is 0.220 e. The van der Waals surface area contributed by atoms with Crippen LogP contribution in [-0.2, 0) is 4.79 Å². The van der Waals surface area contributed by atoms with Gasteiger partial charge >= 0.3 is 0 Å². The van der Waals surface area contributed by atoms with Crippen LogP contribution in [0.25, 0.3) is 0 Å². The van der Waals surface area contributed by atoms with Crippen molar-refractivity contribution in [2.24, 2.45) is 0 Å². The zero-order chi connectivity index (χ0) is 14.4. The lowest BCUT2D eigenvalue weighted by atomic mass is 9.85. The Morgan fingerprint density at radius 1 is 1.26 bits per heavy atom. The first kappa shape index (κ1) is 16.8. The maximum absolute atomic E-state index is 11.7. The first-order chi connectivity index (χ1) is 8.81. The first-order valence-electron chi connectivity index (χ1n) is 7.44. The Balaban J connectivity index is 2.10. The lowest BCUT2D eigenvalue weighted by molar-refractivity contribution is -0.122. The summed E-state index contributed by atoms with van der Waals surface area (Å²) < 4.78 is 0.272. The fourth-order valence-corrected chi connectivity index (χ4v) is 3.25. The van der Waals surface area contributed by atoms with E-state index in [1.807, 2.05) is 11.8 Å². The van der Waals surface area contributed by atoms with Gasteiger partial charge in [0.05, 0.1) is 5.60 Å². The van der Waals surface area contributed by atoms with Crippen LogP contribution in [0.3, 0.4) is 0 Å². The van der Waals surface area contributed by atoms with E-state index in [0.717, 1.165) is 37.9 Å². The lowest BCUT2D eigenvalue weighted by Crippen LogP contribution is -2.44. The Bertz CT molecular complexity index is 280. The predicted molar refractivity (Wildman–Crippen MR) is 82.5 cm³/mol. The molecule has 0 unspecified atom stereocenters. The van der Waals surface area contributed by atoms with Crippen LogP contribution in [0.1, 0.15) is 65.7 Å². The van der Waals surface area contributed by atoms with Crippen molar-refractivity contribution in [2.45, 2.75) is 76.1 Å². The number of thioether (sulfide) groups is 1. The molecule has 0 saturated heterocycles. The van der Waals surface area contributed by atoms with Gasteiger partial charge in [-0.15, -0.1) is 0 Å². The molecule has 0 radical (unpaired) electrons. The highest BCUT2D eigenvalue weighted by Crippen LogP contribution is 2.27. The SMILES string of the molecule is CC(C)(C)SCCCC(=O)NCC1(O)CCCCC1. The molecule has 112 valence electrons. The standard InChI is InChI=1S/C15H29NO2S/c1-14(2,3)19-11-7-8-13(17)16-12-15(18)9-5-4-6-10-15/h18H,4-12H2,1-3H3,(H,16,17). The fraction of sp³-hybridized carbons (Fsp3) is 0.933. The second-order valence-corrected chi connectivity index (χ2v) is 8.55. The number of rotatable bonds is 6. The monoisotopic (exact) mass is 287 g/mol. The van der Waals surface area contributed by atoms with E-state index >= 15 is 0 Å². The number of hydrogen-bond acceptors (Lipinski definition) is 3. The molecule has 0 aliphatic heterocycles. The maximum Gasteiger partial charge on any atom is 0.220 e. The summed E-state index contributed by atoms with van der Waals surface area (Å²) >= 11 is 1.89. The van der Waals surface area contributed by atoms with Crippen LogP contribution in [0, 0.1) is 0 Å². The van der Waals surface area contributed by atoms with Gasteiger partial charge in [-0.2, -0.15) is 11.8 Å². The number of nitrogens with one attached hydrogen (secondary N) is 1. The van der Waals surface area contributed by atoms with Gasteiger partial charge in [-0.05, 0) is 25.0 Å². The Morgan fingerprint density at radius 3 is 2.47 bits per heavy atom. The molecule has 0 atom stereocenters. The summed E-state index contributed by atoms with van der Waals surface area (Å²) in [6.45, 7) is 7.00. The second-order valence-electron chi connectivity index (χ2n) is 6.63. The summed E-state index contributed by atoms with van der Waals surface area (Å²) in [6, 6.07) is 0. The largest absolute Gasteiger partial charge is 0.388 e. The van der Waals surface area contributed by atoms with Gasteiger partial charge < -0.3 is 10.4 Å². The molecule has 1 aliphatic rings. The molecule has 1 amide bonds. The van der Waals surface area contributed by atoms with E-state index in [1.54, 1.807) is 0 Å². The Hall–Kier alpha value is -0.220. The Labute approximate surface area is 121 Å². The molecule has 0 aromatic carbocycles. The molecule has 0 bridgehead atoms. The van der Waals surface area contributed by atoms with Crippen LogP contribution >= 0.6 is 11.8 Å². The number of hydrogen-bond donors (Lipinski definition) is 2. The summed E-state index contributed by atoms with van der Waals surface area (Å²) in [6.07, 6.45) is 6.50. The van der Waals surface area contributed by atoms with Gasteiger partial charge in [0.15, 0.2) is 0 Å². The van der Waals surface area contributed by atoms with Gasteiger partial charge in [0.25, 0.3) is 0 Å². The van der Waals surface area contributed by atoms with Gasteiger partial charge in [0, 0.05) is 17.7 Å². The summed E-state index contributed by atoms with van der Waals surface area (Å²) in [4.78, 5) is 11.7. The number of carbonyl (C=O) groups excluding carboxylic acids is 1. The van der Waals surface area contributed by atoms with Gasteiger partial charge in [0.1, 0.15) is 0 Å². The molecule has 3 nitrogen and oxygen atoms in total. The average Bonchev–Trinajstić information content (AvgIpc) is 2.32. The van der Waals surface area contributed by atoms with E-state index < -0.39 is 5.60 Å². The average molecular weight is 287 g/mol. The number of amides is 1. The number of aliphatic hydroxyl groups is 1. The first-order valence-corrected chi connectivity index (χ1v) is 8.42. The van der Waals surface area contributed by atoms with Crippen molar-refractivity contribution >= 4 is 17.7 Å². The summed E-state index contributed by atoms with van der Waals surface area (Å²) in [7, 11) is 0. The zero-order valence-electron chi connectivity index (χ0n) is 12.6. The van der Waals surface area contributed by atoms with Crippen LogP contribution < -0.4 is 5.32 Å². The van der Waals surface area contributed by atoms with Crippen molar-refractivity contribution in [3.63, 3.8) is 0 Å². The van der Waals surface area contributed by atoms with E-state index in [1.165, 1.54) is 6.42 Å². The second kappa shape index (κ2) is 7.53. The van der Waals surface area contributed by atoms with Crippen molar-refractivity contribution in [1.29, 1.82) is 0 Å². The molecule has 2 N–H and O–H groups in total. The van der Waals surface area contributed by atoms with Crippen LogP contribution in [0.15, 0.2) is 0 Å². The number of carbonyl (C=O) groups is 1. The summed E-state index contributed by atoms with van der Waals surface area (Å²) in [5.41, 5.74) is -0.645. The summed E-state index contributed by atoms with van der Waals surface area (Å²) in [5, 5.41) is 13.2. The van der Waals surface area contributed by atoms with E-state index in [-0.39, 0.29) is 10.7 Å². The topological polar surface area (TPSA) is 49.3 Å². The molecule has 1 rings (SSSR count). The highest BCUT2D eigenvalue weighted by molar-refractivity contribution is 8.00. The molecule has 0 heterocycles. The van der Waals surface area contributed by atoms with Crippen molar-refractivity contribution in [3.8, 4) is 0 Å². The molecular formula is C15H29NO2S. The minimum absolute atomic E-state index is 0.0773. The van der Waals surface area contributed by atoms with Gasteiger partial charge in [-0.1, -0.05) is 40.0 Å². The minimum Gasteiger partial charge on any atom is -0.388 e. The fourth-order valence-electron chi connectivity index (χ4n) is 2.35. The molecule has 1 aliphatic carbocycles. The van der Waals surface area contributed by atoms with Crippen molar-refractivity contribution in [2.75, 3.05) is 12.3 Å². The Morgan fingerprint density at radius 2 is 1.89 bits per heavy atom. The Kier molecular flexibility index (Phi) is 6.67. The van der Waals surface area contributed by atoms with Crippen LogP contribution in [0.2, 0.25) is 0 Å². The van der Waals surface area contributed by atoms with E-state index in [9.17, 15) is 9.90 Å². The van der Waals surface area contributed by atoms with E-state index in [2.05, 4.69) is 26.1 Å². The minimum atomic E-state index is -0.645. The third kappa shape index (κ3) is 7.83. The highest BCUT2D eigenvalue weighted by Gasteiger charge is 2.29. The molecule has 0 aromatic heterocycles. The van der Waals surface area contributed by atoms with Crippen molar-refractivity contribution in [3.05, 3.63) is 0 Å². The highest BCUT2D eigenvalue weighted by atomic mass is 32.2. The van der Waals surface area contributed by atoms with Crippen LogP contribution in [0.5, 0.6) is 0 Å². The third-order valence-electron chi connectivity index (χ3n) is 3.48. The molecule has 4 heteroatoms. The zero-order valence-corrected chi connectivity index (χ0v) is 13.4.